The number of sulfone groups is 1. The second-order valence-electron chi connectivity index (χ2n) is 6.55. The second-order valence-corrected chi connectivity index (χ2v) is 9.62. The number of benzene rings is 2. The van der Waals surface area contributed by atoms with Crippen LogP contribution in [0.5, 0.6) is 0 Å². The number of aryl methyl sites for hydroxylation is 1. The number of urea groups is 1. The van der Waals surface area contributed by atoms with E-state index in [-0.39, 0.29) is 29.6 Å². The number of hydrogen-bond acceptors (Lipinski definition) is 3. The van der Waals surface area contributed by atoms with Gasteiger partial charge in [-0.15, -0.1) is 0 Å². The summed E-state index contributed by atoms with van der Waals surface area (Å²) < 4.78 is 25.4. The first-order chi connectivity index (χ1) is 11.9. The molecule has 0 N–H and O–H groups in total. The first-order valence-electron chi connectivity index (χ1n) is 8.01. The highest BCUT2D eigenvalue weighted by Gasteiger charge is 2.54. The molecule has 2 atom stereocenters. The number of carbonyl (C=O) groups is 1. The van der Waals surface area contributed by atoms with Gasteiger partial charge in [0.25, 0.3) is 0 Å². The third-order valence-electron chi connectivity index (χ3n) is 4.79. The third-order valence-corrected chi connectivity index (χ3v) is 7.01. The van der Waals surface area contributed by atoms with Gasteiger partial charge in [0, 0.05) is 15.8 Å². The SMILES string of the molecule is Cc1ccc(N2C(=O)N(c3ccc(Br)cc3)[C@@H]3CS(=O)(=O)C[C@H]32)cc1. The van der Waals surface area contributed by atoms with E-state index in [1.807, 2.05) is 55.5 Å². The van der Waals surface area contributed by atoms with Gasteiger partial charge in [-0.25, -0.2) is 13.2 Å². The normalized spacial score (nSPS) is 24.6. The summed E-state index contributed by atoms with van der Waals surface area (Å²) in [5.74, 6) is 0.00609. The molecule has 0 unspecified atom stereocenters. The Balaban J connectivity index is 1.79. The standard InChI is InChI=1S/C18H17BrN2O3S/c1-12-2-6-14(7-3-12)20-16-10-25(23,24)11-17(16)21(18(20)22)15-8-4-13(19)5-9-15/h2-9,16-17H,10-11H2,1H3/t16-,17-/m1/s1. The second kappa shape index (κ2) is 5.85. The van der Waals surface area contributed by atoms with Crippen LogP contribution in [-0.2, 0) is 9.84 Å². The van der Waals surface area contributed by atoms with Crippen molar-refractivity contribution in [2.75, 3.05) is 21.3 Å². The summed E-state index contributed by atoms with van der Waals surface area (Å²) in [4.78, 5) is 16.4. The van der Waals surface area contributed by atoms with Crippen LogP contribution in [0, 0.1) is 6.92 Å². The molecule has 0 aromatic heterocycles. The lowest BCUT2D eigenvalue weighted by atomic mass is 10.1. The van der Waals surface area contributed by atoms with Gasteiger partial charge < -0.3 is 0 Å². The van der Waals surface area contributed by atoms with Crippen molar-refractivity contribution in [1.29, 1.82) is 0 Å². The van der Waals surface area contributed by atoms with Gasteiger partial charge in [0.05, 0.1) is 23.6 Å². The number of anilines is 2. The van der Waals surface area contributed by atoms with Crippen molar-refractivity contribution in [2.45, 2.75) is 19.0 Å². The van der Waals surface area contributed by atoms with Gasteiger partial charge in [0.2, 0.25) is 0 Å². The maximum atomic E-state index is 13.1. The molecule has 130 valence electrons. The van der Waals surface area contributed by atoms with E-state index in [9.17, 15) is 13.2 Å². The molecule has 0 bridgehead atoms. The first-order valence-corrected chi connectivity index (χ1v) is 10.6. The summed E-state index contributed by atoms with van der Waals surface area (Å²) in [6.45, 7) is 1.98. The maximum absolute atomic E-state index is 13.1. The average molecular weight is 421 g/mol. The fraction of sp³-hybridized carbons (Fsp3) is 0.278. The largest absolute Gasteiger partial charge is 0.329 e. The summed E-state index contributed by atoms with van der Waals surface area (Å²) in [7, 11) is -3.17. The van der Waals surface area contributed by atoms with Crippen molar-refractivity contribution in [2.24, 2.45) is 0 Å². The van der Waals surface area contributed by atoms with E-state index in [2.05, 4.69) is 15.9 Å². The number of halogens is 1. The van der Waals surface area contributed by atoms with Crippen LogP contribution in [0.2, 0.25) is 0 Å². The Hall–Kier alpha value is -1.86. The van der Waals surface area contributed by atoms with Crippen molar-refractivity contribution in [1.82, 2.24) is 0 Å². The van der Waals surface area contributed by atoms with Crippen molar-refractivity contribution in [3.63, 3.8) is 0 Å². The number of hydrogen-bond donors (Lipinski definition) is 0. The van der Waals surface area contributed by atoms with Crippen LogP contribution in [0.3, 0.4) is 0 Å². The Bertz CT molecular complexity index is 856. The Morgan fingerprint density at radius 3 is 1.80 bits per heavy atom. The van der Waals surface area contributed by atoms with E-state index in [0.717, 1.165) is 21.4 Å². The molecule has 2 aliphatic heterocycles. The zero-order chi connectivity index (χ0) is 17.8. The Kier molecular flexibility index (Phi) is 3.88. The van der Waals surface area contributed by atoms with Crippen LogP contribution in [0.1, 0.15) is 5.56 Å². The Labute approximate surface area is 155 Å². The Morgan fingerprint density at radius 1 is 0.880 bits per heavy atom. The van der Waals surface area contributed by atoms with Crippen LogP contribution in [0.15, 0.2) is 53.0 Å². The molecule has 0 aliphatic carbocycles. The van der Waals surface area contributed by atoms with Crippen molar-refractivity contribution in [3.05, 3.63) is 58.6 Å². The van der Waals surface area contributed by atoms with E-state index in [4.69, 9.17) is 0 Å². The molecule has 2 aromatic carbocycles. The lowest BCUT2D eigenvalue weighted by Crippen LogP contribution is -2.37. The van der Waals surface area contributed by atoms with Crippen molar-refractivity contribution >= 4 is 43.2 Å². The fourth-order valence-corrected chi connectivity index (χ4v) is 5.80. The summed E-state index contributed by atoms with van der Waals surface area (Å²) >= 11 is 3.39. The minimum Gasteiger partial charge on any atom is -0.288 e. The fourth-order valence-electron chi connectivity index (χ4n) is 3.61. The average Bonchev–Trinajstić information content (AvgIpc) is 2.99. The quantitative estimate of drug-likeness (QED) is 0.699. The molecule has 0 spiro atoms. The van der Waals surface area contributed by atoms with Gasteiger partial charge in [-0.2, -0.15) is 0 Å². The number of amides is 2. The molecule has 2 fully saturated rings. The predicted molar refractivity (Wildman–Crippen MR) is 102 cm³/mol. The highest BCUT2D eigenvalue weighted by molar-refractivity contribution is 9.10. The molecule has 2 aromatic rings. The molecule has 2 amide bonds. The molecule has 2 aliphatic rings. The van der Waals surface area contributed by atoms with Crippen LogP contribution >= 0.6 is 15.9 Å². The molecule has 0 radical (unpaired) electrons. The summed E-state index contributed by atoms with van der Waals surface area (Å²) in [5, 5.41) is 0. The van der Waals surface area contributed by atoms with Gasteiger partial charge >= 0.3 is 6.03 Å². The zero-order valence-electron chi connectivity index (χ0n) is 13.6. The van der Waals surface area contributed by atoms with E-state index in [1.54, 1.807) is 9.80 Å². The molecule has 0 saturated carbocycles. The van der Waals surface area contributed by atoms with Crippen LogP contribution in [0.25, 0.3) is 0 Å². The van der Waals surface area contributed by atoms with Gasteiger partial charge in [-0.1, -0.05) is 33.6 Å². The highest BCUT2D eigenvalue weighted by atomic mass is 79.9. The van der Waals surface area contributed by atoms with Crippen molar-refractivity contribution in [3.8, 4) is 0 Å². The van der Waals surface area contributed by atoms with Crippen molar-refractivity contribution < 1.29 is 13.2 Å². The van der Waals surface area contributed by atoms with E-state index in [1.165, 1.54) is 0 Å². The van der Waals surface area contributed by atoms with Gasteiger partial charge in [-0.3, -0.25) is 9.80 Å². The van der Waals surface area contributed by atoms with Gasteiger partial charge in [-0.05, 0) is 43.3 Å². The minimum atomic E-state index is -3.17. The zero-order valence-corrected chi connectivity index (χ0v) is 16.0. The lowest BCUT2D eigenvalue weighted by Gasteiger charge is -2.22. The number of rotatable bonds is 2. The van der Waals surface area contributed by atoms with Crippen LogP contribution in [0.4, 0.5) is 16.2 Å². The molecule has 4 rings (SSSR count). The number of fused-ring (bicyclic) bond motifs is 1. The number of carbonyl (C=O) groups excluding carboxylic acids is 1. The molecule has 2 heterocycles. The highest BCUT2D eigenvalue weighted by Crippen LogP contribution is 2.38. The molecule has 2 saturated heterocycles. The van der Waals surface area contributed by atoms with Crippen LogP contribution in [-0.4, -0.2) is 38.0 Å². The molecule has 5 nitrogen and oxygen atoms in total. The van der Waals surface area contributed by atoms with Crippen LogP contribution < -0.4 is 9.80 Å². The summed E-state index contributed by atoms with van der Waals surface area (Å²) in [5.41, 5.74) is 2.55. The molecular weight excluding hydrogens is 404 g/mol. The first kappa shape index (κ1) is 16.6. The predicted octanol–water partition coefficient (Wildman–Crippen LogP) is 3.37. The lowest BCUT2D eigenvalue weighted by molar-refractivity contribution is 0.255. The molecular formula is C18H17BrN2O3S. The maximum Gasteiger partial charge on any atom is 0.329 e. The molecule has 25 heavy (non-hydrogen) atoms. The summed E-state index contributed by atoms with van der Waals surface area (Å²) in [6.07, 6.45) is 0. The van der Waals surface area contributed by atoms with E-state index >= 15 is 0 Å². The van der Waals surface area contributed by atoms with Gasteiger partial charge in [0.15, 0.2) is 9.84 Å². The molecule has 7 heteroatoms. The van der Waals surface area contributed by atoms with Gasteiger partial charge in [0.1, 0.15) is 0 Å². The Morgan fingerprint density at radius 2 is 1.32 bits per heavy atom. The minimum absolute atomic E-state index is 0.00182. The summed E-state index contributed by atoms with van der Waals surface area (Å²) in [6, 6.07) is 14.1. The third kappa shape index (κ3) is 2.85. The number of nitrogens with zero attached hydrogens (tertiary/aromatic N) is 2. The smallest absolute Gasteiger partial charge is 0.288 e. The van der Waals surface area contributed by atoms with E-state index in [0.29, 0.717) is 0 Å². The topological polar surface area (TPSA) is 57.7 Å². The van der Waals surface area contributed by atoms with E-state index < -0.39 is 9.84 Å². The monoisotopic (exact) mass is 420 g/mol.